The topological polar surface area (TPSA) is 107 Å². The number of aliphatic hydroxyl groups excluding tert-OH is 1. The number of ether oxygens (including phenoxy) is 1. The molecule has 4 aromatic rings. The number of hydrogen-bond donors (Lipinski definition) is 2. The first-order chi connectivity index (χ1) is 17.2. The number of piperidine rings is 2. The summed E-state index contributed by atoms with van der Waals surface area (Å²) in [5, 5.41) is 17.1. The van der Waals surface area contributed by atoms with Crippen molar-refractivity contribution in [3.8, 4) is 22.9 Å². The van der Waals surface area contributed by atoms with Gasteiger partial charge < -0.3 is 14.7 Å². The molecule has 2 atom stereocenters. The van der Waals surface area contributed by atoms with E-state index in [1.165, 1.54) is 0 Å². The second kappa shape index (κ2) is 9.09. The zero-order valence-corrected chi connectivity index (χ0v) is 19.2. The molecule has 0 aliphatic carbocycles. The molecule has 3 aliphatic rings. The number of pyridine rings is 2. The largest absolute Gasteiger partial charge is 0.439 e. The van der Waals surface area contributed by atoms with Gasteiger partial charge in [-0.1, -0.05) is 6.07 Å². The highest BCUT2D eigenvalue weighted by molar-refractivity contribution is 5.80. The molecule has 9 heteroatoms. The molecule has 6 heterocycles. The average Bonchev–Trinajstić information content (AvgIpc) is 3.44. The number of nitrogens with one attached hydrogen (secondary N) is 1. The normalized spacial score (nSPS) is 19.9. The second-order valence-electron chi connectivity index (χ2n) is 9.13. The van der Waals surface area contributed by atoms with Crippen LogP contribution in [0.2, 0.25) is 0 Å². The van der Waals surface area contributed by atoms with Crippen LogP contribution in [0.3, 0.4) is 0 Å². The number of rotatable bonds is 6. The quantitative estimate of drug-likeness (QED) is 0.446. The van der Waals surface area contributed by atoms with Crippen molar-refractivity contribution in [3.05, 3.63) is 66.6 Å². The van der Waals surface area contributed by atoms with Gasteiger partial charge in [0.25, 0.3) is 0 Å². The molecule has 2 N–H and O–H groups in total. The zero-order valence-electron chi connectivity index (χ0n) is 19.2. The third kappa shape index (κ3) is 4.36. The summed E-state index contributed by atoms with van der Waals surface area (Å²) in [5.74, 6) is 1.06. The predicted octanol–water partition coefficient (Wildman–Crippen LogP) is 2.98. The van der Waals surface area contributed by atoms with E-state index in [-0.39, 0.29) is 11.9 Å². The number of aromatic nitrogens is 4. The number of aromatic amines is 1. The summed E-state index contributed by atoms with van der Waals surface area (Å²) in [5.41, 5.74) is 3.77. The van der Waals surface area contributed by atoms with E-state index < -0.39 is 6.61 Å². The Labute approximate surface area is 202 Å². The van der Waals surface area contributed by atoms with Crippen molar-refractivity contribution in [2.75, 3.05) is 19.7 Å². The lowest BCUT2D eigenvalue weighted by molar-refractivity contribution is -0.145. The summed E-state index contributed by atoms with van der Waals surface area (Å²) in [4.78, 5) is 25.5. The molecule has 3 aromatic heterocycles. The van der Waals surface area contributed by atoms with Crippen LogP contribution in [0.4, 0.5) is 0 Å². The lowest BCUT2D eigenvalue weighted by Gasteiger charge is -2.51. The first kappa shape index (κ1) is 21.7. The van der Waals surface area contributed by atoms with Crippen LogP contribution >= 0.6 is 0 Å². The Kier molecular flexibility index (Phi) is 5.63. The maximum atomic E-state index is 12.0. The summed E-state index contributed by atoms with van der Waals surface area (Å²) < 4.78 is 5.96. The minimum Gasteiger partial charge on any atom is -0.439 e. The zero-order chi connectivity index (χ0) is 23.8. The van der Waals surface area contributed by atoms with E-state index >= 15 is 0 Å². The molecule has 178 valence electrons. The highest BCUT2D eigenvalue weighted by Gasteiger charge is 2.40. The number of piperazine rings is 1. The van der Waals surface area contributed by atoms with E-state index in [0.717, 1.165) is 53.8 Å². The number of carbonyl (C=O) groups is 1. The molecule has 3 fully saturated rings. The Hall–Kier alpha value is -3.82. The van der Waals surface area contributed by atoms with Crippen molar-refractivity contribution < 1.29 is 14.6 Å². The number of hydrogen-bond acceptors (Lipinski definition) is 7. The lowest BCUT2D eigenvalue weighted by atomic mass is 9.90. The Balaban J connectivity index is 1.13. The molecule has 0 radical (unpaired) electrons. The molecular formula is C26H26N6O3. The smallest absolute Gasteiger partial charge is 0.248 e. The molecule has 0 saturated carbocycles. The van der Waals surface area contributed by atoms with Crippen LogP contribution in [-0.4, -0.2) is 72.8 Å². The Bertz CT molecular complexity index is 1340. The molecule has 3 saturated heterocycles. The van der Waals surface area contributed by atoms with E-state index in [4.69, 9.17) is 9.72 Å². The summed E-state index contributed by atoms with van der Waals surface area (Å²) in [6, 6.07) is 16.1. The first-order valence-corrected chi connectivity index (χ1v) is 11.8. The highest BCUT2D eigenvalue weighted by atomic mass is 16.5. The van der Waals surface area contributed by atoms with E-state index in [1.54, 1.807) is 12.4 Å². The van der Waals surface area contributed by atoms with Gasteiger partial charge in [0.15, 0.2) is 0 Å². The second-order valence-corrected chi connectivity index (χ2v) is 9.13. The minimum absolute atomic E-state index is 0.162. The number of amides is 1. The SMILES string of the molecule is O=C(CO)N1CC2CCC1CN2Cc1ccc2cc(Oc3ccc(-c4ccn[nH]4)cn3)ccc2n1. The highest BCUT2D eigenvalue weighted by Crippen LogP contribution is 2.31. The van der Waals surface area contributed by atoms with Gasteiger partial charge in [0.1, 0.15) is 12.4 Å². The molecule has 2 unspecified atom stereocenters. The van der Waals surface area contributed by atoms with Gasteiger partial charge in [-0.2, -0.15) is 5.10 Å². The van der Waals surface area contributed by atoms with Crippen molar-refractivity contribution in [1.29, 1.82) is 0 Å². The molecule has 3 aliphatic heterocycles. The molecular weight excluding hydrogens is 444 g/mol. The van der Waals surface area contributed by atoms with Crippen molar-refractivity contribution in [2.45, 2.75) is 31.5 Å². The van der Waals surface area contributed by atoms with E-state index in [2.05, 4.69) is 32.2 Å². The Morgan fingerprint density at radius 2 is 2.00 bits per heavy atom. The predicted molar refractivity (Wildman–Crippen MR) is 130 cm³/mol. The van der Waals surface area contributed by atoms with Gasteiger partial charge in [-0.3, -0.25) is 19.8 Å². The first-order valence-electron chi connectivity index (χ1n) is 11.8. The number of nitrogens with zero attached hydrogens (tertiary/aromatic N) is 5. The number of H-pyrrole nitrogens is 1. The maximum absolute atomic E-state index is 12.0. The van der Waals surface area contributed by atoms with Gasteiger partial charge in [0.2, 0.25) is 11.8 Å². The molecule has 7 rings (SSSR count). The average molecular weight is 471 g/mol. The fraction of sp³-hybridized carbons (Fsp3) is 0.308. The third-order valence-corrected chi connectivity index (χ3v) is 6.95. The number of fused-ring (bicyclic) bond motifs is 4. The van der Waals surface area contributed by atoms with Crippen LogP contribution in [0, 0.1) is 0 Å². The van der Waals surface area contributed by atoms with Crippen LogP contribution < -0.4 is 4.74 Å². The number of carbonyl (C=O) groups excluding carboxylic acids is 1. The summed E-state index contributed by atoms with van der Waals surface area (Å²) in [7, 11) is 0. The van der Waals surface area contributed by atoms with Gasteiger partial charge in [0.05, 0.1) is 16.9 Å². The molecule has 2 bridgehead atoms. The number of aliphatic hydroxyl groups is 1. The molecule has 1 amide bonds. The maximum Gasteiger partial charge on any atom is 0.248 e. The van der Waals surface area contributed by atoms with Gasteiger partial charge in [0, 0.05) is 61.1 Å². The fourth-order valence-electron chi connectivity index (χ4n) is 5.15. The summed E-state index contributed by atoms with van der Waals surface area (Å²) in [6.07, 6.45) is 5.54. The van der Waals surface area contributed by atoms with E-state index in [1.807, 2.05) is 41.3 Å². The monoisotopic (exact) mass is 470 g/mol. The van der Waals surface area contributed by atoms with Crippen molar-refractivity contribution in [1.82, 2.24) is 30.0 Å². The Morgan fingerprint density at radius 1 is 1.09 bits per heavy atom. The van der Waals surface area contributed by atoms with Gasteiger partial charge in [-0.25, -0.2) is 4.98 Å². The summed E-state index contributed by atoms with van der Waals surface area (Å²) >= 11 is 0. The molecule has 1 aromatic carbocycles. The van der Waals surface area contributed by atoms with Crippen molar-refractivity contribution in [2.24, 2.45) is 0 Å². The standard InChI is InChI=1S/C26H26N6O3/c33-16-26(34)32-15-20-4-5-21(32)14-31(20)13-19-3-1-17-11-22(6-7-23(17)29-19)35-25-8-2-18(12-27-25)24-9-10-28-30-24/h1-3,6-12,20-21,33H,4-5,13-16H2,(H,28,30). The van der Waals surface area contributed by atoms with Crippen LogP contribution in [0.15, 0.2) is 60.9 Å². The number of benzene rings is 1. The van der Waals surface area contributed by atoms with Crippen LogP contribution in [-0.2, 0) is 11.3 Å². The van der Waals surface area contributed by atoms with E-state index in [9.17, 15) is 9.90 Å². The third-order valence-electron chi connectivity index (χ3n) is 6.95. The van der Waals surface area contributed by atoms with E-state index in [0.29, 0.717) is 24.2 Å². The molecule has 35 heavy (non-hydrogen) atoms. The van der Waals surface area contributed by atoms with Crippen LogP contribution in [0.1, 0.15) is 18.5 Å². The Morgan fingerprint density at radius 3 is 2.74 bits per heavy atom. The lowest BCUT2D eigenvalue weighted by Crippen LogP contribution is -2.63. The van der Waals surface area contributed by atoms with Crippen LogP contribution in [0.5, 0.6) is 11.6 Å². The minimum atomic E-state index is -0.409. The summed E-state index contributed by atoms with van der Waals surface area (Å²) in [6.45, 7) is 1.86. The van der Waals surface area contributed by atoms with Gasteiger partial charge in [-0.05, 0) is 49.2 Å². The van der Waals surface area contributed by atoms with Gasteiger partial charge >= 0.3 is 0 Å². The van der Waals surface area contributed by atoms with Crippen molar-refractivity contribution in [3.63, 3.8) is 0 Å². The van der Waals surface area contributed by atoms with Gasteiger partial charge in [-0.15, -0.1) is 0 Å². The molecule has 0 spiro atoms. The van der Waals surface area contributed by atoms with Crippen molar-refractivity contribution >= 4 is 16.8 Å². The molecule has 9 nitrogen and oxygen atoms in total. The fourth-order valence-corrected chi connectivity index (χ4v) is 5.15. The van der Waals surface area contributed by atoms with Crippen LogP contribution in [0.25, 0.3) is 22.2 Å².